The van der Waals surface area contributed by atoms with Crippen molar-refractivity contribution in [3.8, 4) is 0 Å². The standard InChI is InChI=1S/C14H21NO2S/c16-12-3-1-10(2-4-12)13-9-18-14(15-13)11-5-7-17-8-6-11/h9-12,16H,1-8H2. The number of aromatic nitrogens is 1. The summed E-state index contributed by atoms with van der Waals surface area (Å²) in [5.41, 5.74) is 1.27. The van der Waals surface area contributed by atoms with Crippen molar-refractivity contribution in [1.82, 2.24) is 4.98 Å². The van der Waals surface area contributed by atoms with E-state index in [1.807, 2.05) is 11.3 Å². The second-order valence-electron chi connectivity index (χ2n) is 5.50. The maximum Gasteiger partial charge on any atom is 0.0961 e. The fourth-order valence-electron chi connectivity index (χ4n) is 2.99. The average molecular weight is 267 g/mol. The van der Waals surface area contributed by atoms with Crippen LogP contribution in [0.1, 0.15) is 61.1 Å². The van der Waals surface area contributed by atoms with Gasteiger partial charge in [0.25, 0.3) is 0 Å². The minimum Gasteiger partial charge on any atom is -0.393 e. The van der Waals surface area contributed by atoms with Crippen LogP contribution in [-0.4, -0.2) is 29.4 Å². The molecule has 1 N–H and O–H groups in total. The van der Waals surface area contributed by atoms with Gasteiger partial charge in [0.05, 0.1) is 16.8 Å². The van der Waals surface area contributed by atoms with Crippen molar-refractivity contribution < 1.29 is 9.84 Å². The Morgan fingerprint density at radius 3 is 2.50 bits per heavy atom. The van der Waals surface area contributed by atoms with Crippen molar-refractivity contribution in [3.05, 3.63) is 16.1 Å². The first-order valence-electron chi connectivity index (χ1n) is 7.04. The minimum atomic E-state index is -0.0742. The number of hydrogen-bond acceptors (Lipinski definition) is 4. The number of aliphatic hydroxyl groups is 1. The molecule has 0 radical (unpaired) electrons. The Balaban J connectivity index is 1.65. The molecule has 0 atom stereocenters. The first kappa shape index (κ1) is 12.6. The summed E-state index contributed by atoms with van der Waals surface area (Å²) in [7, 11) is 0. The van der Waals surface area contributed by atoms with Crippen molar-refractivity contribution in [2.24, 2.45) is 0 Å². The van der Waals surface area contributed by atoms with Gasteiger partial charge in [0.15, 0.2) is 0 Å². The second kappa shape index (κ2) is 5.68. The quantitative estimate of drug-likeness (QED) is 0.895. The van der Waals surface area contributed by atoms with E-state index < -0.39 is 0 Å². The molecule has 0 bridgehead atoms. The van der Waals surface area contributed by atoms with Crippen molar-refractivity contribution in [2.75, 3.05) is 13.2 Å². The summed E-state index contributed by atoms with van der Waals surface area (Å²) in [6, 6.07) is 0. The smallest absolute Gasteiger partial charge is 0.0961 e. The van der Waals surface area contributed by atoms with Crippen molar-refractivity contribution in [2.45, 2.75) is 56.5 Å². The summed E-state index contributed by atoms with van der Waals surface area (Å²) >= 11 is 1.82. The topological polar surface area (TPSA) is 42.4 Å². The maximum atomic E-state index is 9.55. The van der Waals surface area contributed by atoms with Gasteiger partial charge >= 0.3 is 0 Å². The van der Waals surface area contributed by atoms with Crippen LogP contribution in [0.25, 0.3) is 0 Å². The molecule has 1 saturated carbocycles. The van der Waals surface area contributed by atoms with Crippen LogP contribution in [0.4, 0.5) is 0 Å². The fourth-order valence-corrected chi connectivity index (χ4v) is 4.06. The Bertz CT molecular complexity index is 379. The van der Waals surface area contributed by atoms with E-state index in [1.165, 1.54) is 10.7 Å². The van der Waals surface area contributed by atoms with Crippen molar-refractivity contribution in [3.63, 3.8) is 0 Å². The molecule has 100 valence electrons. The number of aliphatic hydroxyl groups excluding tert-OH is 1. The first-order chi connectivity index (χ1) is 8.83. The molecule has 4 heteroatoms. The number of rotatable bonds is 2. The van der Waals surface area contributed by atoms with Gasteiger partial charge < -0.3 is 9.84 Å². The van der Waals surface area contributed by atoms with Gasteiger partial charge in [-0.25, -0.2) is 4.98 Å². The molecule has 1 aliphatic carbocycles. The minimum absolute atomic E-state index is 0.0742. The zero-order chi connectivity index (χ0) is 12.4. The van der Waals surface area contributed by atoms with E-state index in [0.717, 1.165) is 51.7 Å². The lowest BCUT2D eigenvalue weighted by Crippen LogP contribution is -2.17. The van der Waals surface area contributed by atoms with Crippen LogP contribution in [0.5, 0.6) is 0 Å². The maximum absolute atomic E-state index is 9.55. The number of hydrogen-bond donors (Lipinski definition) is 1. The third-order valence-electron chi connectivity index (χ3n) is 4.23. The average Bonchev–Trinajstić information content (AvgIpc) is 2.90. The number of thiazole rings is 1. The number of ether oxygens (including phenoxy) is 1. The Kier molecular flexibility index (Phi) is 3.97. The highest BCUT2D eigenvalue weighted by molar-refractivity contribution is 7.09. The molecule has 1 aromatic rings. The molecule has 1 aliphatic heterocycles. The molecule has 2 aliphatic rings. The molecule has 1 aromatic heterocycles. The van der Waals surface area contributed by atoms with E-state index in [9.17, 15) is 5.11 Å². The van der Waals surface area contributed by atoms with Gasteiger partial charge in [-0.3, -0.25) is 0 Å². The van der Waals surface area contributed by atoms with Gasteiger partial charge in [-0.2, -0.15) is 0 Å². The molecule has 2 fully saturated rings. The summed E-state index contributed by atoms with van der Waals surface area (Å²) in [6.45, 7) is 1.77. The highest BCUT2D eigenvalue weighted by Gasteiger charge is 2.25. The summed E-state index contributed by atoms with van der Waals surface area (Å²) in [4.78, 5) is 4.86. The fraction of sp³-hybridized carbons (Fsp3) is 0.786. The third kappa shape index (κ3) is 2.76. The molecule has 0 amide bonds. The Morgan fingerprint density at radius 2 is 1.78 bits per heavy atom. The van der Waals surface area contributed by atoms with Crippen LogP contribution >= 0.6 is 11.3 Å². The Morgan fingerprint density at radius 1 is 1.06 bits per heavy atom. The van der Waals surface area contributed by atoms with E-state index in [1.54, 1.807) is 0 Å². The normalized spacial score (nSPS) is 30.5. The molecule has 1 saturated heterocycles. The zero-order valence-corrected chi connectivity index (χ0v) is 11.5. The van der Waals surface area contributed by atoms with Crippen molar-refractivity contribution >= 4 is 11.3 Å². The molecule has 0 spiro atoms. The van der Waals surface area contributed by atoms with Crippen molar-refractivity contribution in [1.29, 1.82) is 0 Å². The lowest BCUT2D eigenvalue weighted by molar-refractivity contribution is 0.0852. The van der Waals surface area contributed by atoms with Gasteiger partial charge in [0.1, 0.15) is 0 Å². The van der Waals surface area contributed by atoms with E-state index in [4.69, 9.17) is 9.72 Å². The highest BCUT2D eigenvalue weighted by atomic mass is 32.1. The summed E-state index contributed by atoms with van der Waals surface area (Å²) in [5, 5.41) is 13.1. The first-order valence-corrected chi connectivity index (χ1v) is 7.92. The van der Waals surface area contributed by atoms with Crippen LogP contribution in [0, 0.1) is 0 Å². The third-order valence-corrected chi connectivity index (χ3v) is 5.25. The van der Waals surface area contributed by atoms with E-state index in [0.29, 0.717) is 11.8 Å². The van der Waals surface area contributed by atoms with Gasteiger partial charge in [-0.1, -0.05) is 0 Å². The highest BCUT2D eigenvalue weighted by Crippen LogP contribution is 2.36. The van der Waals surface area contributed by atoms with Gasteiger partial charge in [-0.05, 0) is 38.5 Å². The van der Waals surface area contributed by atoms with E-state index >= 15 is 0 Å². The van der Waals surface area contributed by atoms with E-state index in [2.05, 4.69) is 5.38 Å². The Hall–Kier alpha value is -0.450. The zero-order valence-electron chi connectivity index (χ0n) is 10.7. The SMILES string of the molecule is OC1CCC(c2csc(C3CCOCC3)n2)CC1. The number of nitrogens with zero attached hydrogens (tertiary/aromatic N) is 1. The molecule has 0 unspecified atom stereocenters. The molecule has 0 aromatic carbocycles. The summed E-state index contributed by atoms with van der Waals surface area (Å²) in [6.07, 6.45) is 6.24. The lowest BCUT2D eigenvalue weighted by atomic mass is 9.86. The van der Waals surface area contributed by atoms with E-state index in [-0.39, 0.29) is 6.10 Å². The van der Waals surface area contributed by atoms with Gasteiger partial charge in [0, 0.05) is 30.4 Å². The van der Waals surface area contributed by atoms with Crippen LogP contribution in [-0.2, 0) is 4.74 Å². The summed E-state index contributed by atoms with van der Waals surface area (Å²) < 4.78 is 5.41. The lowest BCUT2D eigenvalue weighted by Gasteiger charge is -2.24. The molecule has 3 rings (SSSR count). The van der Waals surface area contributed by atoms with Gasteiger partial charge in [-0.15, -0.1) is 11.3 Å². The molecular weight excluding hydrogens is 246 g/mol. The predicted octanol–water partition coefficient (Wildman–Crippen LogP) is 3.06. The predicted molar refractivity (Wildman–Crippen MR) is 72.1 cm³/mol. The van der Waals surface area contributed by atoms with Crippen LogP contribution in [0.15, 0.2) is 5.38 Å². The molecule has 2 heterocycles. The molecular formula is C14H21NO2S. The van der Waals surface area contributed by atoms with Gasteiger partial charge in [0.2, 0.25) is 0 Å². The second-order valence-corrected chi connectivity index (χ2v) is 6.39. The molecule has 18 heavy (non-hydrogen) atoms. The van der Waals surface area contributed by atoms with Crippen LogP contribution in [0.2, 0.25) is 0 Å². The van der Waals surface area contributed by atoms with Crippen LogP contribution in [0.3, 0.4) is 0 Å². The molecule has 3 nitrogen and oxygen atoms in total. The largest absolute Gasteiger partial charge is 0.393 e. The monoisotopic (exact) mass is 267 g/mol. The summed E-state index contributed by atoms with van der Waals surface area (Å²) in [5.74, 6) is 1.20. The Labute approximate surface area is 112 Å². The van der Waals surface area contributed by atoms with Crippen LogP contribution < -0.4 is 0 Å².